The molecule has 9 aromatic carbocycles. The van der Waals surface area contributed by atoms with Gasteiger partial charge >= 0.3 is 0 Å². The monoisotopic (exact) mass is 844 g/mol. The summed E-state index contributed by atoms with van der Waals surface area (Å²) in [6, 6.07) is 71.2. The molecule has 0 saturated heterocycles. The second kappa shape index (κ2) is 13.2. The zero-order chi connectivity index (χ0) is 44.1. The van der Waals surface area contributed by atoms with Crippen LogP contribution in [0.4, 0.5) is 0 Å². The Morgan fingerprint density at radius 3 is 1.47 bits per heavy atom. The predicted molar refractivity (Wildman–Crippen MR) is 274 cm³/mol. The lowest BCUT2D eigenvalue weighted by Gasteiger charge is -2.23. The average Bonchev–Trinajstić information content (AvgIpc) is 4.01. The van der Waals surface area contributed by atoms with Crippen LogP contribution in [-0.4, -0.2) is 19.1 Å². The number of benzene rings is 9. The van der Waals surface area contributed by atoms with Crippen LogP contribution >= 0.6 is 0 Å². The van der Waals surface area contributed by atoms with Gasteiger partial charge in [0, 0.05) is 49.2 Å². The van der Waals surface area contributed by atoms with Gasteiger partial charge in [0.2, 0.25) is 0 Å². The van der Waals surface area contributed by atoms with Gasteiger partial charge < -0.3 is 9.13 Å². The second-order valence-electron chi connectivity index (χ2n) is 19.4. The molecule has 0 aliphatic heterocycles. The fraction of sp³-hybridized carbons (Fsp3) is 0.0968. The van der Waals surface area contributed by atoms with E-state index in [1.165, 1.54) is 71.6 Å². The summed E-state index contributed by atoms with van der Waals surface area (Å²) in [5, 5.41) is 4.88. The molecule has 12 aromatic rings. The van der Waals surface area contributed by atoms with Crippen molar-refractivity contribution in [2.45, 2.75) is 38.5 Å². The molecular weight excluding hydrogens is 801 g/mol. The predicted octanol–water partition coefficient (Wildman–Crippen LogP) is 15.8. The van der Waals surface area contributed by atoms with Gasteiger partial charge in [0.15, 0.2) is 0 Å². The van der Waals surface area contributed by atoms with E-state index in [1.54, 1.807) is 0 Å². The third-order valence-corrected chi connectivity index (χ3v) is 15.1. The maximum absolute atomic E-state index is 5.86. The van der Waals surface area contributed by atoms with E-state index in [-0.39, 0.29) is 10.8 Å². The maximum Gasteiger partial charge on any atom is 0.113 e. The summed E-state index contributed by atoms with van der Waals surface area (Å²) < 4.78 is 4.83. The quantitative estimate of drug-likeness (QED) is 0.177. The van der Waals surface area contributed by atoms with Crippen LogP contribution in [0.2, 0.25) is 0 Å². The standard InChI is InChI=1S/C62H44N4/c1-61(2)48-23-12-8-19-40(48)42-31-29-37(33-50(42)61)58-59(38-30-32-43-41-20-9-13-24-49(41)62(3,4)51(43)34-38)64-60-52(63-58)25-16-28-55(60)66-54-27-15-11-22-45(54)47-35-46-44-21-10-14-26-53(44)65(56(46)36-57(47)66)39-17-6-5-7-18-39/h5-36H,1-4H3. The normalized spacial score (nSPS) is 14.3. The Labute approximate surface area is 383 Å². The molecule has 66 heavy (non-hydrogen) atoms. The SMILES string of the molecule is CC1(C)c2ccccc2-c2ccc(-c3nc4cccc(-n5c6ccccc6c6cc7c8ccccc8n(-c8ccccc8)c7cc65)c4nc3-c3ccc4c(c3)C(C)(C)c3ccccc3-4)cc21. The third kappa shape index (κ3) is 4.99. The minimum Gasteiger partial charge on any atom is -0.309 e. The largest absolute Gasteiger partial charge is 0.309 e. The number of nitrogens with zero attached hydrogens (tertiary/aromatic N) is 4. The average molecular weight is 845 g/mol. The van der Waals surface area contributed by atoms with Crippen molar-refractivity contribution in [3.63, 3.8) is 0 Å². The van der Waals surface area contributed by atoms with Gasteiger partial charge in [-0.1, -0.05) is 161 Å². The molecule has 312 valence electrons. The number of aromatic nitrogens is 4. The minimum atomic E-state index is -0.169. The molecule has 2 aliphatic carbocycles. The van der Waals surface area contributed by atoms with Crippen LogP contribution in [0, 0.1) is 0 Å². The zero-order valence-corrected chi connectivity index (χ0v) is 37.3. The highest BCUT2D eigenvalue weighted by atomic mass is 15.0. The molecule has 3 aromatic heterocycles. The first-order valence-corrected chi connectivity index (χ1v) is 23.1. The van der Waals surface area contributed by atoms with E-state index in [2.05, 4.69) is 231 Å². The molecule has 0 radical (unpaired) electrons. The minimum absolute atomic E-state index is 0.156. The fourth-order valence-electron chi connectivity index (χ4n) is 11.9. The molecule has 0 N–H and O–H groups in total. The zero-order valence-electron chi connectivity index (χ0n) is 37.3. The van der Waals surface area contributed by atoms with Gasteiger partial charge in [-0.2, -0.15) is 0 Å². The van der Waals surface area contributed by atoms with Gasteiger partial charge in [-0.3, -0.25) is 0 Å². The van der Waals surface area contributed by atoms with E-state index in [1.807, 2.05) is 0 Å². The highest BCUT2D eigenvalue weighted by Crippen LogP contribution is 2.52. The molecule has 2 aliphatic rings. The molecule has 0 unspecified atom stereocenters. The summed E-state index contributed by atoms with van der Waals surface area (Å²) in [4.78, 5) is 11.6. The number of para-hydroxylation sites is 4. The topological polar surface area (TPSA) is 35.6 Å². The first-order valence-electron chi connectivity index (χ1n) is 23.1. The van der Waals surface area contributed by atoms with Crippen LogP contribution in [0.15, 0.2) is 194 Å². The van der Waals surface area contributed by atoms with E-state index in [0.717, 1.165) is 61.5 Å². The molecule has 0 atom stereocenters. The molecule has 0 spiro atoms. The lowest BCUT2D eigenvalue weighted by atomic mass is 9.81. The summed E-state index contributed by atoms with van der Waals surface area (Å²) in [5.41, 5.74) is 22.6. The van der Waals surface area contributed by atoms with Crippen LogP contribution in [0.25, 0.3) is 111 Å². The van der Waals surface area contributed by atoms with Crippen molar-refractivity contribution >= 4 is 54.6 Å². The van der Waals surface area contributed by atoms with Crippen molar-refractivity contribution in [2.24, 2.45) is 0 Å². The highest BCUT2D eigenvalue weighted by Gasteiger charge is 2.37. The molecule has 0 fully saturated rings. The van der Waals surface area contributed by atoms with Crippen molar-refractivity contribution in [1.29, 1.82) is 0 Å². The van der Waals surface area contributed by atoms with Crippen molar-refractivity contribution < 1.29 is 0 Å². The summed E-state index contributed by atoms with van der Waals surface area (Å²) in [6.45, 7) is 9.39. The second-order valence-corrected chi connectivity index (χ2v) is 19.4. The maximum atomic E-state index is 5.86. The molecule has 0 saturated carbocycles. The Hall–Kier alpha value is -8.08. The van der Waals surface area contributed by atoms with E-state index >= 15 is 0 Å². The van der Waals surface area contributed by atoms with Crippen LogP contribution < -0.4 is 0 Å². The third-order valence-electron chi connectivity index (χ3n) is 15.1. The molecule has 0 amide bonds. The van der Waals surface area contributed by atoms with Gasteiger partial charge in [0.1, 0.15) is 5.52 Å². The van der Waals surface area contributed by atoms with Gasteiger partial charge in [-0.05, 0) is 105 Å². The van der Waals surface area contributed by atoms with Crippen LogP contribution in [-0.2, 0) is 10.8 Å². The molecular formula is C62H44N4. The van der Waals surface area contributed by atoms with Crippen molar-refractivity contribution in [2.75, 3.05) is 0 Å². The van der Waals surface area contributed by atoms with Crippen molar-refractivity contribution in [3.8, 4) is 56.1 Å². The van der Waals surface area contributed by atoms with Crippen molar-refractivity contribution in [1.82, 2.24) is 19.1 Å². The molecule has 4 nitrogen and oxygen atoms in total. The van der Waals surface area contributed by atoms with Crippen LogP contribution in [0.1, 0.15) is 49.9 Å². The van der Waals surface area contributed by atoms with Gasteiger partial charge in [0.05, 0.1) is 44.7 Å². The molecule has 14 rings (SSSR count). The Bertz CT molecular complexity index is 4050. The Morgan fingerprint density at radius 1 is 0.348 bits per heavy atom. The smallest absolute Gasteiger partial charge is 0.113 e. The van der Waals surface area contributed by atoms with E-state index in [0.29, 0.717) is 0 Å². The first-order chi connectivity index (χ1) is 32.3. The summed E-state index contributed by atoms with van der Waals surface area (Å²) in [6.07, 6.45) is 0. The van der Waals surface area contributed by atoms with Crippen LogP contribution in [0.3, 0.4) is 0 Å². The lowest BCUT2D eigenvalue weighted by Crippen LogP contribution is -2.15. The van der Waals surface area contributed by atoms with Gasteiger partial charge in [-0.25, -0.2) is 9.97 Å². The molecule has 3 heterocycles. The Balaban J connectivity index is 1.05. The van der Waals surface area contributed by atoms with E-state index in [9.17, 15) is 0 Å². The fourth-order valence-corrected chi connectivity index (χ4v) is 11.9. The first kappa shape index (κ1) is 37.3. The lowest BCUT2D eigenvalue weighted by molar-refractivity contribution is 0.660. The van der Waals surface area contributed by atoms with Gasteiger partial charge in [0.25, 0.3) is 0 Å². The summed E-state index contributed by atoms with van der Waals surface area (Å²) in [5.74, 6) is 0. The van der Waals surface area contributed by atoms with E-state index in [4.69, 9.17) is 9.97 Å². The van der Waals surface area contributed by atoms with E-state index < -0.39 is 0 Å². The molecule has 0 bridgehead atoms. The Kier molecular flexibility index (Phi) is 7.49. The van der Waals surface area contributed by atoms with Gasteiger partial charge in [-0.15, -0.1) is 0 Å². The summed E-state index contributed by atoms with van der Waals surface area (Å²) in [7, 11) is 0. The molecule has 4 heteroatoms. The number of fused-ring (bicyclic) bond motifs is 13. The highest BCUT2D eigenvalue weighted by molar-refractivity contribution is 6.19. The Morgan fingerprint density at radius 2 is 0.848 bits per heavy atom. The number of hydrogen-bond acceptors (Lipinski definition) is 2. The van der Waals surface area contributed by atoms with Crippen LogP contribution in [0.5, 0.6) is 0 Å². The summed E-state index contributed by atoms with van der Waals surface area (Å²) >= 11 is 0. The number of rotatable bonds is 4. The van der Waals surface area contributed by atoms with Crippen molar-refractivity contribution in [3.05, 3.63) is 216 Å². The number of hydrogen-bond donors (Lipinski definition) is 0.